The van der Waals surface area contributed by atoms with Gasteiger partial charge in [0, 0.05) is 27.1 Å². The molecule has 0 saturated carbocycles. The Morgan fingerprint density at radius 2 is 1.95 bits per heavy atom. The predicted octanol–water partition coefficient (Wildman–Crippen LogP) is 0.151. The van der Waals surface area contributed by atoms with Crippen molar-refractivity contribution in [2.75, 3.05) is 20.6 Å². The molecule has 0 saturated heterocycles. The van der Waals surface area contributed by atoms with Crippen molar-refractivity contribution in [3.8, 4) is 0 Å². The number of nitrogens with zero attached hydrogens (tertiary/aromatic N) is 1. The van der Waals surface area contributed by atoms with Gasteiger partial charge in [0.15, 0.2) is 0 Å². The molecule has 3 N–H and O–H groups in total. The number of carbonyl (C=O) groups excluding carboxylic acids is 2. The van der Waals surface area contributed by atoms with E-state index in [0.29, 0.717) is 13.0 Å². The number of rotatable bonds is 6. The maximum Gasteiger partial charge on any atom is 0.239 e. The van der Waals surface area contributed by atoms with Gasteiger partial charge in [0.05, 0.1) is 6.04 Å². The molecule has 1 rings (SSSR count). The smallest absolute Gasteiger partial charge is 0.239 e. The van der Waals surface area contributed by atoms with E-state index in [1.807, 2.05) is 30.3 Å². The van der Waals surface area contributed by atoms with Crippen molar-refractivity contribution in [1.29, 1.82) is 0 Å². The zero-order valence-corrected chi connectivity index (χ0v) is 11.4. The largest absolute Gasteiger partial charge is 0.359 e. The molecule has 1 atom stereocenters. The van der Waals surface area contributed by atoms with E-state index in [1.165, 1.54) is 4.90 Å². The first-order valence-corrected chi connectivity index (χ1v) is 6.29. The molecule has 0 aromatic heterocycles. The Morgan fingerprint density at radius 1 is 1.32 bits per heavy atom. The van der Waals surface area contributed by atoms with Crippen LogP contribution in [0.1, 0.15) is 12.0 Å². The Labute approximate surface area is 113 Å². The fourth-order valence-electron chi connectivity index (χ4n) is 1.74. The number of nitrogens with two attached hydrogens (primary N) is 1. The maximum atomic E-state index is 12.0. The molecule has 2 amide bonds. The average Bonchev–Trinajstić information content (AvgIpc) is 2.44. The summed E-state index contributed by atoms with van der Waals surface area (Å²) in [5.41, 5.74) is 6.93. The van der Waals surface area contributed by atoms with Crippen molar-refractivity contribution >= 4 is 11.8 Å². The SMILES string of the molecule is CNC(=O)CCN(C)C(=O)[C@@H](N)Cc1ccccc1. The van der Waals surface area contributed by atoms with Crippen molar-refractivity contribution < 1.29 is 9.59 Å². The fraction of sp³-hybridized carbons (Fsp3) is 0.429. The third-order valence-electron chi connectivity index (χ3n) is 2.94. The Bertz CT molecular complexity index is 420. The molecule has 0 heterocycles. The van der Waals surface area contributed by atoms with Gasteiger partial charge in [-0.3, -0.25) is 9.59 Å². The zero-order chi connectivity index (χ0) is 14.3. The number of nitrogens with one attached hydrogen (secondary N) is 1. The lowest BCUT2D eigenvalue weighted by atomic mass is 10.1. The molecule has 0 aliphatic carbocycles. The second-order valence-corrected chi connectivity index (χ2v) is 4.48. The van der Waals surface area contributed by atoms with E-state index in [-0.39, 0.29) is 18.2 Å². The quantitative estimate of drug-likeness (QED) is 0.767. The van der Waals surface area contributed by atoms with Gasteiger partial charge in [-0.2, -0.15) is 0 Å². The molecule has 0 fully saturated rings. The van der Waals surface area contributed by atoms with Gasteiger partial charge in [0.1, 0.15) is 0 Å². The van der Waals surface area contributed by atoms with Gasteiger partial charge in [-0.15, -0.1) is 0 Å². The summed E-state index contributed by atoms with van der Waals surface area (Å²) in [6, 6.07) is 9.07. The summed E-state index contributed by atoms with van der Waals surface area (Å²) in [6.45, 7) is 0.376. The Hall–Kier alpha value is -1.88. The van der Waals surface area contributed by atoms with E-state index in [4.69, 9.17) is 5.73 Å². The first-order valence-electron chi connectivity index (χ1n) is 6.29. The van der Waals surface area contributed by atoms with E-state index < -0.39 is 6.04 Å². The monoisotopic (exact) mass is 263 g/mol. The van der Waals surface area contributed by atoms with Crippen LogP contribution in [0, 0.1) is 0 Å². The van der Waals surface area contributed by atoms with Crippen LogP contribution in [0.25, 0.3) is 0 Å². The minimum Gasteiger partial charge on any atom is -0.359 e. The molecule has 0 unspecified atom stereocenters. The number of carbonyl (C=O) groups is 2. The summed E-state index contributed by atoms with van der Waals surface area (Å²) in [6.07, 6.45) is 0.792. The van der Waals surface area contributed by atoms with Crippen molar-refractivity contribution in [2.24, 2.45) is 5.73 Å². The Balaban J connectivity index is 2.45. The molecular formula is C14H21N3O2. The normalized spacial score (nSPS) is 11.7. The molecule has 1 aromatic rings. The van der Waals surface area contributed by atoms with Crippen LogP contribution in [0.2, 0.25) is 0 Å². The van der Waals surface area contributed by atoms with E-state index in [9.17, 15) is 9.59 Å². The van der Waals surface area contributed by atoms with Crippen molar-refractivity contribution in [2.45, 2.75) is 18.9 Å². The summed E-state index contributed by atoms with van der Waals surface area (Å²) in [5.74, 6) is -0.232. The molecule has 19 heavy (non-hydrogen) atoms. The van der Waals surface area contributed by atoms with Crippen molar-refractivity contribution in [3.05, 3.63) is 35.9 Å². The van der Waals surface area contributed by atoms with E-state index in [2.05, 4.69) is 5.32 Å². The van der Waals surface area contributed by atoms with Crippen LogP contribution in [0.4, 0.5) is 0 Å². The Morgan fingerprint density at radius 3 is 2.53 bits per heavy atom. The van der Waals surface area contributed by atoms with Crippen LogP contribution in [-0.2, 0) is 16.0 Å². The number of hydrogen-bond donors (Lipinski definition) is 2. The van der Waals surface area contributed by atoms with Gasteiger partial charge in [-0.1, -0.05) is 30.3 Å². The third kappa shape index (κ3) is 5.09. The van der Waals surface area contributed by atoms with Crippen molar-refractivity contribution in [1.82, 2.24) is 10.2 Å². The lowest BCUT2D eigenvalue weighted by Crippen LogP contribution is -2.44. The summed E-state index contributed by atoms with van der Waals surface area (Å²) in [4.78, 5) is 24.6. The minimum atomic E-state index is -0.572. The van der Waals surface area contributed by atoms with Crippen LogP contribution in [0.5, 0.6) is 0 Å². The second kappa shape index (κ2) is 7.53. The average molecular weight is 263 g/mol. The van der Waals surface area contributed by atoms with Gasteiger partial charge in [-0.25, -0.2) is 0 Å². The minimum absolute atomic E-state index is 0.0868. The summed E-state index contributed by atoms with van der Waals surface area (Å²) in [7, 11) is 3.24. The molecule has 5 heteroatoms. The van der Waals surface area contributed by atoms with E-state index in [0.717, 1.165) is 5.56 Å². The lowest BCUT2D eigenvalue weighted by molar-refractivity contribution is -0.131. The second-order valence-electron chi connectivity index (χ2n) is 4.48. The molecule has 104 valence electrons. The van der Waals surface area contributed by atoms with E-state index >= 15 is 0 Å². The van der Waals surface area contributed by atoms with Crippen LogP contribution in [-0.4, -0.2) is 43.4 Å². The highest BCUT2D eigenvalue weighted by Crippen LogP contribution is 2.04. The van der Waals surface area contributed by atoms with Crippen LogP contribution < -0.4 is 11.1 Å². The van der Waals surface area contributed by atoms with Crippen molar-refractivity contribution in [3.63, 3.8) is 0 Å². The molecule has 0 aliphatic rings. The van der Waals surface area contributed by atoms with Crippen LogP contribution in [0.15, 0.2) is 30.3 Å². The summed E-state index contributed by atoms with van der Waals surface area (Å²) in [5, 5.41) is 2.52. The highest BCUT2D eigenvalue weighted by atomic mass is 16.2. The zero-order valence-electron chi connectivity index (χ0n) is 11.4. The molecular weight excluding hydrogens is 242 g/mol. The van der Waals surface area contributed by atoms with E-state index in [1.54, 1.807) is 14.1 Å². The molecule has 1 aromatic carbocycles. The molecule has 0 bridgehead atoms. The van der Waals surface area contributed by atoms with Gasteiger partial charge in [-0.05, 0) is 12.0 Å². The highest BCUT2D eigenvalue weighted by molar-refractivity contribution is 5.82. The maximum absolute atomic E-state index is 12.0. The summed E-state index contributed by atoms with van der Waals surface area (Å²) < 4.78 is 0. The first-order chi connectivity index (χ1) is 9.04. The van der Waals surface area contributed by atoms with Crippen LogP contribution in [0.3, 0.4) is 0 Å². The summed E-state index contributed by atoms with van der Waals surface area (Å²) >= 11 is 0. The fourth-order valence-corrected chi connectivity index (χ4v) is 1.74. The third-order valence-corrected chi connectivity index (χ3v) is 2.94. The van der Waals surface area contributed by atoms with Gasteiger partial charge >= 0.3 is 0 Å². The standard InChI is InChI=1S/C14H21N3O2/c1-16-13(18)8-9-17(2)14(19)12(15)10-11-6-4-3-5-7-11/h3-7,12H,8-10,15H2,1-2H3,(H,16,18)/t12-/m0/s1. The molecule has 0 spiro atoms. The van der Waals surface area contributed by atoms with Gasteiger partial charge < -0.3 is 16.0 Å². The van der Waals surface area contributed by atoms with Gasteiger partial charge in [0.25, 0.3) is 0 Å². The van der Waals surface area contributed by atoms with Crippen LogP contribution >= 0.6 is 0 Å². The Kier molecular flexibility index (Phi) is 6.02. The van der Waals surface area contributed by atoms with Gasteiger partial charge in [0.2, 0.25) is 11.8 Å². The highest BCUT2D eigenvalue weighted by Gasteiger charge is 2.18. The number of benzene rings is 1. The molecule has 0 aliphatic heterocycles. The topological polar surface area (TPSA) is 75.4 Å². The lowest BCUT2D eigenvalue weighted by Gasteiger charge is -2.21. The number of likely N-dealkylation sites (N-methyl/N-ethyl adjacent to an activating group) is 1. The number of amides is 2. The molecule has 0 radical (unpaired) electrons. The molecule has 5 nitrogen and oxygen atoms in total. The first kappa shape index (κ1) is 15.2. The predicted molar refractivity (Wildman–Crippen MR) is 74.4 cm³/mol. The number of hydrogen-bond acceptors (Lipinski definition) is 3.